The van der Waals surface area contributed by atoms with Crippen LogP contribution in [0, 0.1) is 11.8 Å². The second-order valence-electron chi connectivity index (χ2n) is 6.31. The van der Waals surface area contributed by atoms with Gasteiger partial charge in [-0.2, -0.15) is 0 Å². The second kappa shape index (κ2) is 14.1. The molecule has 0 aliphatic rings. The molecule has 0 rings (SSSR count). The summed E-state index contributed by atoms with van der Waals surface area (Å²) in [6.45, 7) is 4.37. The molecule has 0 amide bonds. The van der Waals surface area contributed by atoms with E-state index in [2.05, 4.69) is 4.99 Å². The van der Waals surface area contributed by atoms with Crippen molar-refractivity contribution in [3.05, 3.63) is 24.3 Å². The van der Waals surface area contributed by atoms with E-state index in [1.165, 1.54) is 6.08 Å². The summed E-state index contributed by atoms with van der Waals surface area (Å²) in [4.78, 5) is 13.8. The summed E-state index contributed by atoms with van der Waals surface area (Å²) >= 11 is 0. The monoisotopic (exact) mass is 339 g/mol. The SMILES string of the molecule is CC=CC(CCO)CC(O)(CCCN=C=O)CC(C=CC)CCO. The van der Waals surface area contributed by atoms with Gasteiger partial charge < -0.3 is 15.3 Å². The third-order valence-corrected chi connectivity index (χ3v) is 4.19. The zero-order chi connectivity index (χ0) is 18.3. The molecule has 0 radical (unpaired) electrons. The van der Waals surface area contributed by atoms with E-state index in [1.807, 2.05) is 38.2 Å². The fraction of sp³-hybridized carbons (Fsp3) is 0.737. The van der Waals surface area contributed by atoms with Gasteiger partial charge in [-0.05, 0) is 64.2 Å². The van der Waals surface area contributed by atoms with Gasteiger partial charge in [0.2, 0.25) is 6.08 Å². The molecule has 0 aromatic rings. The van der Waals surface area contributed by atoms with Crippen molar-refractivity contribution < 1.29 is 20.1 Å². The number of nitrogens with zero attached hydrogens (tertiary/aromatic N) is 1. The van der Waals surface area contributed by atoms with Crippen molar-refractivity contribution in [2.75, 3.05) is 19.8 Å². The minimum atomic E-state index is -0.920. The van der Waals surface area contributed by atoms with Gasteiger partial charge in [-0.25, -0.2) is 9.79 Å². The first-order valence-corrected chi connectivity index (χ1v) is 8.78. The molecule has 0 aliphatic heterocycles. The van der Waals surface area contributed by atoms with Gasteiger partial charge in [-0.1, -0.05) is 24.3 Å². The summed E-state index contributed by atoms with van der Waals surface area (Å²) in [6, 6.07) is 0. The maximum Gasteiger partial charge on any atom is 0.234 e. The highest BCUT2D eigenvalue weighted by atomic mass is 16.3. The molecule has 0 fully saturated rings. The fourth-order valence-corrected chi connectivity index (χ4v) is 3.20. The van der Waals surface area contributed by atoms with Crippen LogP contribution in [0.1, 0.15) is 52.4 Å². The molecule has 5 heteroatoms. The van der Waals surface area contributed by atoms with Crippen LogP contribution in [-0.4, -0.2) is 46.8 Å². The van der Waals surface area contributed by atoms with Crippen LogP contribution in [0.2, 0.25) is 0 Å². The molecular weight excluding hydrogens is 306 g/mol. The van der Waals surface area contributed by atoms with Gasteiger partial charge >= 0.3 is 0 Å². The van der Waals surface area contributed by atoms with E-state index >= 15 is 0 Å². The van der Waals surface area contributed by atoms with Crippen molar-refractivity contribution >= 4 is 6.08 Å². The van der Waals surface area contributed by atoms with E-state index in [0.29, 0.717) is 45.1 Å². The average Bonchev–Trinajstić information content (AvgIpc) is 2.52. The molecule has 24 heavy (non-hydrogen) atoms. The van der Waals surface area contributed by atoms with Crippen LogP contribution in [-0.2, 0) is 4.79 Å². The summed E-state index contributed by atoms with van der Waals surface area (Å²) in [5, 5.41) is 29.7. The molecule has 2 atom stereocenters. The van der Waals surface area contributed by atoms with E-state index in [0.717, 1.165) is 0 Å². The standard InChI is InChI=1S/C19H33NO4/c1-3-6-17(8-12-21)14-19(24,10-5-11-20-16-23)15-18(7-4-2)9-13-22/h3-4,6-7,17-18,21-22,24H,5,8-15H2,1-2H3. The predicted octanol–water partition coefficient (Wildman–Crippen LogP) is 2.76. The number of hydrogen-bond acceptors (Lipinski definition) is 5. The van der Waals surface area contributed by atoms with Crippen molar-refractivity contribution in [3.63, 3.8) is 0 Å². The lowest BCUT2D eigenvalue weighted by atomic mass is 9.78. The lowest BCUT2D eigenvalue weighted by Gasteiger charge is -2.34. The largest absolute Gasteiger partial charge is 0.396 e. The smallest absolute Gasteiger partial charge is 0.234 e. The van der Waals surface area contributed by atoms with Crippen LogP contribution in [0.25, 0.3) is 0 Å². The Hall–Kier alpha value is -1.26. The number of allylic oxidation sites excluding steroid dienone is 4. The molecule has 2 unspecified atom stereocenters. The third-order valence-electron chi connectivity index (χ3n) is 4.19. The Balaban J connectivity index is 5.10. The predicted molar refractivity (Wildman–Crippen MR) is 96.4 cm³/mol. The van der Waals surface area contributed by atoms with E-state index in [1.54, 1.807) is 0 Å². The maximum absolute atomic E-state index is 11.2. The Bertz CT molecular complexity index is 390. The average molecular weight is 339 g/mol. The molecule has 3 N–H and O–H groups in total. The van der Waals surface area contributed by atoms with Crippen LogP contribution in [0.15, 0.2) is 29.3 Å². The number of isocyanates is 1. The summed E-state index contributed by atoms with van der Waals surface area (Å²) in [6.07, 6.45) is 12.9. The highest BCUT2D eigenvalue weighted by Crippen LogP contribution is 2.33. The van der Waals surface area contributed by atoms with Gasteiger partial charge in [0.15, 0.2) is 0 Å². The Morgan fingerprint density at radius 2 is 1.54 bits per heavy atom. The normalized spacial score (nSPS) is 16.9. The van der Waals surface area contributed by atoms with Gasteiger partial charge in [-0.3, -0.25) is 0 Å². The van der Waals surface area contributed by atoms with Crippen LogP contribution in [0.4, 0.5) is 0 Å². The molecule has 0 bridgehead atoms. The summed E-state index contributed by atoms with van der Waals surface area (Å²) in [7, 11) is 0. The van der Waals surface area contributed by atoms with Crippen LogP contribution in [0.5, 0.6) is 0 Å². The number of carbonyl (C=O) groups excluding carboxylic acids is 1. The van der Waals surface area contributed by atoms with Gasteiger partial charge in [0.05, 0.1) is 12.1 Å². The summed E-state index contributed by atoms with van der Waals surface area (Å²) in [5.41, 5.74) is -0.920. The van der Waals surface area contributed by atoms with Crippen LogP contribution >= 0.6 is 0 Å². The fourth-order valence-electron chi connectivity index (χ4n) is 3.20. The van der Waals surface area contributed by atoms with Gasteiger partial charge in [0.1, 0.15) is 0 Å². The minimum Gasteiger partial charge on any atom is -0.396 e. The van der Waals surface area contributed by atoms with Gasteiger partial charge in [0.25, 0.3) is 0 Å². The zero-order valence-corrected chi connectivity index (χ0v) is 15.0. The van der Waals surface area contributed by atoms with Crippen molar-refractivity contribution in [1.82, 2.24) is 0 Å². The van der Waals surface area contributed by atoms with Crippen molar-refractivity contribution in [3.8, 4) is 0 Å². The second-order valence-corrected chi connectivity index (χ2v) is 6.31. The van der Waals surface area contributed by atoms with Gasteiger partial charge in [-0.15, -0.1) is 0 Å². The zero-order valence-electron chi connectivity index (χ0n) is 15.0. The Labute approximate surface area is 145 Å². The lowest BCUT2D eigenvalue weighted by molar-refractivity contribution is -0.0104. The van der Waals surface area contributed by atoms with E-state index < -0.39 is 5.60 Å². The molecule has 0 aromatic carbocycles. The Morgan fingerprint density at radius 1 is 1.04 bits per heavy atom. The van der Waals surface area contributed by atoms with E-state index in [4.69, 9.17) is 0 Å². The summed E-state index contributed by atoms with van der Waals surface area (Å²) in [5.74, 6) is 0.194. The Morgan fingerprint density at radius 3 is 1.92 bits per heavy atom. The third kappa shape index (κ3) is 10.5. The van der Waals surface area contributed by atoms with Crippen LogP contribution < -0.4 is 0 Å². The topological polar surface area (TPSA) is 90.1 Å². The first-order chi connectivity index (χ1) is 11.5. The molecule has 0 heterocycles. The number of rotatable bonds is 14. The van der Waals surface area contributed by atoms with Gasteiger partial charge in [0, 0.05) is 13.2 Å². The number of aliphatic hydroxyl groups is 3. The molecular formula is C19H33NO4. The van der Waals surface area contributed by atoms with E-state index in [9.17, 15) is 20.1 Å². The van der Waals surface area contributed by atoms with Crippen molar-refractivity contribution in [2.45, 2.75) is 58.0 Å². The van der Waals surface area contributed by atoms with Crippen LogP contribution in [0.3, 0.4) is 0 Å². The summed E-state index contributed by atoms with van der Waals surface area (Å²) < 4.78 is 0. The number of hydrogen-bond donors (Lipinski definition) is 3. The molecule has 0 aliphatic carbocycles. The first kappa shape index (κ1) is 22.7. The molecule has 0 aromatic heterocycles. The molecule has 138 valence electrons. The molecule has 0 saturated carbocycles. The number of aliphatic imine (C=N–C) groups is 1. The lowest BCUT2D eigenvalue weighted by Crippen LogP contribution is -2.34. The van der Waals surface area contributed by atoms with Crippen molar-refractivity contribution in [2.24, 2.45) is 16.8 Å². The van der Waals surface area contributed by atoms with E-state index in [-0.39, 0.29) is 25.0 Å². The molecule has 5 nitrogen and oxygen atoms in total. The highest BCUT2D eigenvalue weighted by Gasteiger charge is 2.31. The highest BCUT2D eigenvalue weighted by molar-refractivity contribution is 5.32. The quantitative estimate of drug-likeness (QED) is 0.196. The molecule has 0 spiro atoms. The van der Waals surface area contributed by atoms with Crippen molar-refractivity contribution in [1.29, 1.82) is 0 Å². The minimum absolute atomic E-state index is 0.0788. The Kier molecular flexibility index (Phi) is 13.4. The maximum atomic E-state index is 11.2. The first-order valence-electron chi connectivity index (χ1n) is 8.78. The number of aliphatic hydroxyl groups excluding tert-OH is 2. The molecule has 0 saturated heterocycles.